The molecule has 0 spiro atoms. The van der Waals surface area contributed by atoms with Gasteiger partial charge < -0.3 is 10.2 Å². The number of phenolic OH excluding ortho intramolecular Hbond substituents is 2. The van der Waals surface area contributed by atoms with Gasteiger partial charge in [0.1, 0.15) is 11.5 Å². The van der Waals surface area contributed by atoms with Crippen LogP contribution in [-0.4, -0.2) is 10.2 Å². The maximum absolute atomic E-state index is 9.68. The van der Waals surface area contributed by atoms with Crippen molar-refractivity contribution in [1.29, 1.82) is 0 Å². The lowest BCUT2D eigenvalue weighted by Crippen LogP contribution is -2.23. The van der Waals surface area contributed by atoms with Crippen molar-refractivity contribution in [3.05, 3.63) is 59.7 Å². The first-order valence-electron chi connectivity index (χ1n) is 12.2. The summed E-state index contributed by atoms with van der Waals surface area (Å²) in [7, 11) is 0. The number of hydrogen-bond donors (Lipinski definition) is 2. The lowest BCUT2D eigenvalue weighted by Gasteiger charge is -2.31. The van der Waals surface area contributed by atoms with Gasteiger partial charge in [0.25, 0.3) is 0 Å². The van der Waals surface area contributed by atoms with E-state index in [0.29, 0.717) is 11.5 Å². The van der Waals surface area contributed by atoms with Crippen LogP contribution in [0.25, 0.3) is 0 Å². The zero-order valence-corrected chi connectivity index (χ0v) is 19.2. The quantitative estimate of drug-likeness (QED) is 0.289. The second-order valence-corrected chi connectivity index (χ2v) is 9.06. The van der Waals surface area contributed by atoms with Crippen LogP contribution in [0, 0.1) is 0 Å². The second-order valence-electron chi connectivity index (χ2n) is 9.06. The van der Waals surface area contributed by atoms with Crippen molar-refractivity contribution in [3.8, 4) is 11.5 Å². The fourth-order valence-electron chi connectivity index (χ4n) is 4.43. The summed E-state index contributed by atoms with van der Waals surface area (Å²) in [5.74, 6) is 0.606. The third-order valence-corrected chi connectivity index (χ3v) is 6.54. The Kier molecular flexibility index (Phi) is 10.8. The predicted molar refractivity (Wildman–Crippen MR) is 128 cm³/mol. The predicted octanol–water partition coefficient (Wildman–Crippen LogP) is 8.50. The normalized spacial score (nSPS) is 11.7. The SMILES string of the molecule is CCCCCCCCCCCCCCC(C)(c1ccc(O)cc1)c1ccc(O)cc1. The van der Waals surface area contributed by atoms with Gasteiger partial charge >= 0.3 is 0 Å². The number of unbranched alkanes of at least 4 members (excludes halogenated alkanes) is 11. The summed E-state index contributed by atoms with van der Waals surface area (Å²) in [5.41, 5.74) is 2.32. The smallest absolute Gasteiger partial charge is 0.115 e. The van der Waals surface area contributed by atoms with Crippen LogP contribution in [0.15, 0.2) is 48.5 Å². The second kappa shape index (κ2) is 13.4. The van der Waals surface area contributed by atoms with Crippen LogP contribution in [0.4, 0.5) is 0 Å². The van der Waals surface area contributed by atoms with Gasteiger partial charge in [-0.2, -0.15) is 0 Å². The monoisotopic (exact) mass is 410 g/mol. The molecule has 2 aromatic carbocycles. The van der Waals surface area contributed by atoms with E-state index in [1.54, 1.807) is 24.3 Å². The minimum Gasteiger partial charge on any atom is -0.508 e. The fourth-order valence-corrected chi connectivity index (χ4v) is 4.43. The molecule has 0 aromatic heterocycles. The third kappa shape index (κ3) is 8.05. The molecule has 0 amide bonds. The summed E-state index contributed by atoms with van der Waals surface area (Å²) >= 11 is 0. The van der Waals surface area contributed by atoms with Crippen LogP contribution in [0.1, 0.15) is 108 Å². The lowest BCUT2D eigenvalue weighted by atomic mass is 9.72. The molecule has 2 nitrogen and oxygen atoms in total. The van der Waals surface area contributed by atoms with Crippen molar-refractivity contribution >= 4 is 0 Å². The molecular formula is C28H42O2. The molecule has 0 fully saturated rings. The first-order chi connectivity index (χ1) is 14.6. The standard InChI is InChI=1S/C28H42O2/c1-3-4-5-6-7-8-9-10-11-12-13-14-23-28(2,24-15-19-26(29)20-16-24)25-17-21-27(30)22-18-25/h15-22,29-30H,3-14,23H2,1-2H3. The summed E-state index contributed by atoms with van der Waals surface area (Å²) in [6, 6.07) is 15.2. The van der Waals surface area contributed by atoms with Gasteiger partial charge in [0.15, 0.2) is 0 Å². The Bertz CT molecular complexity index is 642. The number of rotatable bonds is 15. The van der Waals surface area contributed by atoms with Crippen LogP contribution in [0.3, 0.4) is 0 Å². The molecule has 0 saturated carbocycles. The number of hydrogen-bond acceptors (Lipinski definition) is 2. The van der Waals surface area contributed by atoms with E-state index >= 15 is 0 Å². The Hall–Kier alpha value is -1.96. The van der Waals surface area contributed by atoms with Crippen molar-refractivity contribution < 1.29 is 10.2 Å². The van der Waals surface area contributed by atoms with Gasteiger partial charge in [-0.1, -0.05) is 115 Å². The van der Waals surface area contributed by atoms with Gasteiger partial charge in [0.05, 0.1) is 0 Å². The molecule has 0 bridgehead atoms. The molecule has 0 aliphatic rings. The van der Waals surface area contributed by atoms with Crippen LogP contribution < -0.4 is 0 Å². The van der Waals surface area contributed by atoms with Crippen molar-refractivity contribution in [3.63, 3.8) is 0 Å². The van der Waals surface area contributed by atoms with E-state index in [1.807, 2.05) is 24.3 Å². The summed E-state index contributed by atoms with van der Waals surface area (Å²) in [6.07, 6.45) is 17.3. The third-order valence-electron chi connectivity index (χ3n) is 6.54. The fraction of sp³-hybridized carbons (Fsp3) is 0.571. The van der Waals surface area contributed by atoms with Gasteiger partial charge in [-0.05, 0) is 41.8 Å². The highest BCUT2D eigenvalue weighted by molar-refractivity contribution is 5.42. The van der Waals surface area contributed by atoms with Gasteiger partial charge in [-0.3, -0.25) is 0 Å². The molecule has 2 aromatic rings. The first kappa shape index (κ1) is 24.3. The van der Waals surface area contributed by atoms with Crippen molar-refractivity contribution in [2.24, 2.45) is 0 Å². The van der Waals surface area contributed by atoms with E-state index in [1.165, 1.54) is 88.2 Å². The molecule has 0 aliphatic heterocycles. The molecule has 0 unspecified atom stereocenters. The number of aromatic hydroxyl groups is 2. The molecule has 2 heteroatoms. The van der Waals surface area contributed by atoms with E-state index in [-0.39, 0.29) is 5.41 Å². The zero-order valence-electron chi connectivity index (χ0n) is 19.2. The lowest BCUT2D eigenvalue weighted by molar-refractivity contribution is 0.459. The Balaban J connectivity index is 1.76. The number of phenols is 2. The van der Waals surface area contributed by atoms with Crippen molar-refractivity contribution in [2.45, 2.75) is 103 Å². The van der Waals surface area contributed by atoms with Crippen molar-refractivity contribution in [2.75, 3.05) is 0 Å². The van der Waals surface area contributed by atoms with Crippen molar-refractivity contribution in [1.82, 2.24) is 0 Å². The van der Waals surface area contributed by atoms with Gasteiger partial charge in [0.2, 0.25) is 0 Å². The van der Waals surface area contributed by atoms with E-state index in [9.17, 15) is 10.2 Å². The Morgan fingerprint density at radius 2 is 0.867 bits per heavy atom. The highest BCUT2D eigenvalue weighted by atomic mass is 16.3. The Morgan fingerprint density at radius 3 is 1.23 bits per heavy atom. The van der Waals surface area contributed by atoms with E-state index < -0.39 is 0 Å². The molecule has 30 heavy (non-hydrogen) atoms. The molecule has 2 N–H and O–H groups in total. The molecule has 0 heterocycles. The molecular weight excluding hydrogens is 368 g/mol. The Labute approximate surface area is 184 Å². The largest absolute Gasteiger partial charge is 0.508 e. The molecule has 0 aliphatic carbocycles. The highest BCUT2D eigenvalue weighted by Crippen LogP contribution is 2.38. The maximum Gasteiger partial charge on any atom is 0.115 e. The van der Waals surface area contributed by atoms with Gasteiger partial charge in [-0.15, -0.1) is 0 Å². The van der Waals surface area contributed by atoms with E-state index in [4.69, 9.17) is 0 Å². The van der Waals surface area contributed by atoms with Gasteiger partial charge in [-0.25, -0.2) is 0 Å². The summed E-state index contributed by atoms with van der Waals surface area (Å²) in [6.45, 7) is 4.56. The minimum atomic E-state index is -0.111. The minimum absolute atomic E-state index is 0.111. The van der Waals surface area contributed by atoms with E-state index in [2.05, 4.69) is 13.8 Å². The highest BCUT2D eigenvalue weighted by Gasteiger charge is 2.28. The van der Waals surface area contributed by atoms with Crippen LogP contribution in [0.5, 0.6) is 11.5 Å². The summed E-state index contributed by atoms with van der Waals surface area (Å²) in [5, 5.41) is 19.4. The van der Waals surface area contributed by atoms with Crippen LogP contribution in [-0.2, 0) is 5.41 Å². The molecule has 0 saturated heterocycles. The average molecular weight is 411 g/mol. The Morgan fingerprint density at radius 1 is 0.533 bits per heavy atom. The molecule has 166 valence electrons. The summed E-state index contributed by atoms with van der Waals surface area (Å²) < 4.78 is 0. The van der Waals surface area contributed by atoms with Crippen LogP contribution >= 0.6 is 0 Å². The topological polar surface area (TPSA) is 40.5 Å². The molecule has 2 rings (SSSR count). The molecule has 0 radical (unpaired) electrons. The van der Waals surface area contributed by atoms with E-state index in [0.717, 1.165) is 6.42 Å². The van der Waals surface area contributed by atoms with Gasteiger partial charge in [0, 0.05) is 5.41 Å². The summed E-state index contributed by atoms with van der Waals surface area (Å²) in [4.78, 5) is 0. The first-order valence-corrected chi connectivity index (χ1v) is 12.2. The van der Waals surface area contributed by atoms with Crippen LogP contribution in [0.2, 0.25) is 0 Å². The molecule has 0 atom stereocenters. The maximum atomic E-state index is 9.68. The average Bonchev–Trinajstić information content (AvgIpc) is 2.75. The zero-order chi connectivity index (χ0) is 21.7. The number of benzene rings is 2.